The normalized spacial score (nSPS) is 19.4. The van der Waals surface area contributed by atoms with Gasteiger partial charge in [0.15, 0.2) is 16.9 Å². The molecule has 2 amide bonds. The second-order valence-corrected chi connectivity index (χ2v) is 7.15. The van der Waals surface area contributed by atoms with E-state index < -0.39 is 52.5 Å². The number of nitrogens with two attached hydrogens (primary N) is 1. The van der Waals surface area contributed by atoms with Crippen LogP contribution < -0.4 is 11.1 Å². The lowest BCUT2D eigenvalue weighted by atomic mass is 9.98. The van der Waals surface area contributed by atoms with Gasteiger partial charge in [-0.15, -0.1) is 11.3 Å². The Labute approximate surface area is 161 Å². The topological polar surface area (TPSA) is 214 Å². The van der Waals surface area contributed by atoms with Crippen LogP contribution in [0.3, 0.4) is 0 Å². The van der Waals surface area contributed by atoms with Gasteiger partial charge in [0, 0.05) is 5.38 Å². The molecular formula is C12H12N6O8S2. The number of nitrogens with one attached hydrogen (secondary N) is 1. The number of nitrogens with zero attached hydrogens (tertiary/aromatic N) is 4. The van der Waals surface area contributed by atoms with E-state index in [4.69, 9.17) is 15.5 Å². The molecule has 0 bridgehead atoms. The summed E-state index contributed by atoms with van der Waals surface area (Å²) in [4.78, 5) is 44.7. The fraction of sp³-hybridized carbons (Fsp3) is 0.333. The number of hydrogen-bond acceptors (Lipinski definition) is 12. The van der Waals surface area contributed by atoms with Gasteiger partial charge in [-0.2, -0.15) is 18.0 Å². The van der Waals surface area contributed by atoms with Crippen LogP contribution in [0.4, 0.5) is 5.13 Å². The molecule has 0 radical (unpaired) electrons. The van der Waals surface area contributed by atoms with Crippen molar-refractivity contribution in [3.8, 4) is 6.07 Å². The third kappa shape index (κ3) is 4.16. The lowest BCUT2D eigenvalue weighted by molar-refractivity contribution is -0.162. The molecule has 2 atom stereocenters. The molecule has 2 rings (SSSR count). The largest absolute Gasteiger partial charge is 0.467 e. The summed E-state index contributed by atoms with van der Waals surface area (Å²) in [5, 5.41) is 15.5. The second kappa shape index (κ2) is 8.16. The van der Waals surface area contributed by atoms with Crippen LogP contribution in [-0.4, -0.2) is 71.6 Å². The maximum absolute atomic E-state index is 12.5. The average molecular weight is 432 g/mol. The average Bonchev–Trinajstić information content (AvgIpc) is 3.04. The fourth-order valence-corrected chi connectivity index (χ4v) is 3.53. The van der Waals surface area contributed by atoms with Crippen LogP contribution in [0.15, 0.2) is 10.5 Å². The summed E-state index contributed by atoms with van der Waals surface area (Å²) in [6.45, 7) is -0.500. The number of anilines is 1. The number of esters is 1. The summed E-state index contributed by atoms with van der Waals surface area (Å²) in [6.07, 6.45) is 0. The molecule has 1 saturated heterocycles. The van der Waals surface area contributed by atoms with E-state index in [1.807, 2.05) is 0 Å². The number of nitrogen functional groups attached to an aromatic ring is 1. The fourth-order valence-electron chi connectivity index (χ4n) is 2.15. The van der Waals surface area contributed by atoms with Gasteiger partial charge in [-0.25, -0.2) is 9.78 Å². The minimum absolute atomic E-state index is 0.0500. The van der Waals surface area contributed by atoms with Crippen molar-refractivity contribution in [3.05, 3.63) is 11.1 Å². The predicted octanol–water partition coefficient (Wildman–Crippen LogP) is -2.36. The Balaban J connectivity index is 2.29. The predicted molar refractivity (Wildman–Crippen MR) is 90.8 cm³/mol. The van der Waals surface area contributed by atoms with Crippen LogP contribution in [0.1, 0.15) is 5.69 Å². The molecule has 4 N–H and O–H groups in total. The van der Waals surface area contributed by atoms with Crippen molar-refractivity contribution in [3.63, 3.8) is 0 Å². The Morgan fingerprint density at radius 1 is 1.57 bits per heavy atom. The first-order valence-corrected chi connectivity index (χ1v) is 9.37. The monoisotopic (exact) mass is 432 g/mol. The van der Waals surface area contributed by atoms with Crippen molar-refractivity contribution in [2.45, 2.75) is 12.1 Å². The van der Waals surface area contributed by atoms with Gasteiger partial charge in [-0.05, 0) is 0 Å². The number of rotatable bonds is 7. The number of carbonyl (C=O) groups is 3. The molecule has 0 saturated carbocycles. The Kier molecular flexibility index (Phi) is 6.12. The van der Waals surface area contributed by atoms with Crippen molar-refractivity contribution in [1.82, 2.24) is 14.6 Å². The first-order valence-electron chi connectivity index (χ1n) is 7.09. The molecule has 1 fully saturated rings. The zero-order chi connectivity index (χ0) is 21.1. The minimum Gasteiger partial charge on any atom is -0.467 e. The lowest BCUT2D eigenvalue weighted by Crippen LogP contribution is -2.74. The molecule has 14 nitrogen and oxygen atoms in total. The quantitative estimate of drug-likeness (QED) is 0.103. The zero-order valence-electron chi connectivity index (χ0n) is 13.9. The molecule has 0 aliphatic carbocycles. The van der Waals surface area contributed by atoms with Crippen LogP contribution in [0.2, 0.25) is 0 Å². The number of β-lactam (4-membered cyclic amide) rings is 1. The summed E-state index contributed by atoms with van der Waals surface area (Å²) in [5.41, 5.74) is 4.96. The maximum Gasteiger partial charge on any atom is 0.363 e. The molecule has 28 heavy (non-hydrogen) atoms. The highest BCUT2D eigenvalue weighted by Gasteiger charge is 2.58. The Morgan fingerprint density at radius 3 is 2.75 bits per heavy atom. The van der Waals surface area contributed by atoms with E-state index in [1.54, 1.807) is 6.07 Å². The first kappa shape index (κ1) is 21.0. The van der Waals surface area contributed by atoms with Crippen molar-refractivity contribution in [2.24, 2.45) is 5.16 Å². The molecule has 0 aromatic carbocycles. The molecule has 2 heterocycles. The van der Waals surface area contributed by atoms with E-state index >= 15 is 0 Å². The van der Waals surface area contributed by atoms with Gasteiger partial charge in [0.05, 0.1) is 7.11 Å². The molecule has 150 valence electrons. The zero-order valence-corrected chi connectivity index (χ0v) is 15.6. The van der Waals surface area contributed by atoms with Gasteiger partial charge in [0.25, 0.3) is 11.8 Å². The van der Waals surface area contributed by atoms with E-state index in [2.05, 4.69) is 25.0 Å². The van der Waals surface area contributed by atoms with Crippen LogP contribution in [-0.2, 0) is 34.3 Å². The Morgan fingerprint density at radius 2 is 2.25 bits per heavy atom. The van der Waals surface area contributed by atoms with Gasteiger partial charge in [0.1, 0.15) is 17.8 Å². The number of nitriles is 1. The smallest absolute Gasteiger partial charge is 0.363 e. The number of thiazole rings is 1. The van der Waals surface area contributed by atoms with Crippen LogP contribution in [0, 0.1) is 11.3 Å². The summed E-state index contributed by atoms with van der Waals surface area (Å²) >= 11 is 0.965. The number of oxime groups is 1. The van der Waals surface area contributed by atoms with E-state index in [-0.39, 0.29) is 15.1 Å². The molecule has 1 aromatic rings. The highest BCUT2D eigenvalue weighted by Crippen LogP contribution is 2.25. The summed E-state index contributed by atoms with van der Waals surface area (Å²) in [5.74, 6) is -3.55. The third-order valence-corrected chi connectivity index (χ3v) is 4.87. The van der Waals surface area contributed by atoms with E-state index in [0.717, 1.165) is 18.4 Å². The first-order chi connectivity index (χ1) is 13.1. The van der Waals surface area contributed by atoms with E-state index in [0.29, 0.717) is 0 Å². The van der Waals surface area contributed by atoms with Crippen LogP contribution in [0.25, 0.3) is 0 Å². The molecule has 1 aliphatic heterocycles. The van der Waals surface area contributed by atoms with E-state index in [1.165, 1.54) is 5.38 Å². The minimum atomic E-state index is -5.06. The maximum atomic E-state index is 12.5. The molecular weight excluding hydrogens is 420 g/mol. The summed E-state index contributed by atoms with van der Waals surface area (Å²) in [7, 11) is -4.14. The third-order valence-electron chi connectivity index (χ3n) is 3.29. The van der Waals surface area contributed by atoms with Gasteiger partial charge in [-0.1, -0.05) is 5.16 Å². The SMILES string of the molecule is COC(=O)[C@H]1[C@@H](NC(=O)/C(=N\OCC#N)c2csc(N)n2)C(=O)N1S(=O)(=O)O. The highest BCUT2D eigenvalue weighted by molar-refractivity contribution is 7.84. The van der Waals surface area contributed by atoms with Gasteiger partial charge in [0.2, 0.25) is 6.61 Å². The lowest BCUT2D eigenvalue weighted by Gasteiger charge is -2.41. The number of aromatic nitrogens is 1. The number of ether oxygens (including phenoxy) is 1. The standard InChI is InChI=1S/C12H12N6O8S2/c1-25-11(21)8-7(10(20)18(8)28(22,23)24)16-9(19)6(17-26-3-2-13)5-4-27-12(14)15-5/h4,7-8H,3H2,1H3,(H2,14,15)(H,16,19)(H,22,23,24)/b17-6-/t7-,8-/m1/s1. The van der Waals surface area contributed by atoms with E-state index in [9.17, 15) is 22.8 Å². The second-order valence-electron chi connectivity index (χ2n) is 4.97. The van der Waals surface area contributed by atoms with Crippen molar-refractivity contribution < 1.29 is 36.9 Å². The van der Waals surface area contributed by atoms with Crippen molar-refractivity contribution in [2.75, 3.05) is 19.5 Å². The molecule has 0 spiro atoms. The number of amides is 2. The van der Waals surface area contributed by atoms with Gasteiger partial charge < -0.3 is 20.6 Å². The van der Waals surface area contributed by atoms with Crippen molar-refractivity contribution in [1.29, 1.82) is 5.26 Å². The Bertz CT molecular complexity index is 980. The number of methoxy groups -OCH3 is 1. The van der Waals surface area contributed by atoms with Crippen LogP contribution in [0.5, 0.6) is 0 Å². The number of hydrogen-bond donors (Lipinski definition) is 3. The molecule has 16 heteroatoms. The van der Waals surface area contributed by atoms with Gasteiger partial charge in [-0.3, -0.25) is 14.1 Å². The van der Waals surface area contributed by atoms with Crippen molar-refractivity contribution >= 4 is 50.3 Å². The highest BCUT2D eigenvalue weighted by atomic mass is 32.2. The Hall–Kier alpha value is -3.29. The number of carbonyl (C=O) groups excluding carboxylic acids is 3. The van der Waals surface area contributed by atoms with Gasteiger partial charge >= 0.3 is 16.3 Å². The molecule has 0 unspecified atom stereocenters. The summed E-state index contributed by atoms with van der Waals surface area (Å²) < 4.78 is 35.8. The summed E-state index contributed by atoms with van der Waals surface area (Å²) in [6, 6.07) is -1.87. The van der Waals surface area contributed by atoms with Crippen LogP contribution >= 0.6 is 11.3 Å². The molecule has 1 aliphatic rings. The molecule has 1 aromatic heterocycles.